The molecule has 1 fully saturated rings. The number of hydrogen-bond acceptors (Lipinski definition) is 1. The SMILES string of the molecule is CN1C2=C(F)CC[C@@H]1CC2. The zero-order valence-corrected chi connectivity index (χ0v) is 6.23. The number of allylic oxidation sites excluding steroid dienone is 2. The molecule has 0 aromatic rings. The summed E-state index contributed by atoms with van der Waals surface area (Å²) in [5, 5.41) is 0. The van der Waals surface area contributed by atoms with Crippen molar-refractivity contribution in [2.75, 3.05) is 7.05 Å². The highest BCUT2D eigenvalue weighted by Crippen LogP contribution is 2.37. The van der Waals surface area contributed by atoms with Crippen molar-refractivity contribution in [3.8, 4) is 0 Å². The molecule has 10 heavy (non-hydrogen) atoms. The summed E-state index contributed by atoms with van der Waals surface area (Å²) >= 11 is 0. The molecule has 56 valence electrons. The molecule has 2 aliphatic heterocycles. The quantitative estimate of drug-likeness (QED) is 0.499. The normalized spacial score (nSPS) is 31.8. The Hall–Kier alpha value is -0.530. The molecule has 2 aliphatic rings. The minimum atomic E-state index is 0.135. The van der Waals surface area contributed by atoms with E-state index in [1.807, 2.05) is 7.05 Å². The van der Waals surface area contributed by atoms with Gasteiger partial charge >= 0.3 is 0 Å². The Morgan fingerprint density at radius 3 is 2.80 bits per heavy atom. The van der Waals surface area contributed by atoms with Crippen LogP contribution < -0.4 is 0 Å². The predicted octanol–water partition coefficient (Wildman–Crippen LogP) is 2.06. The molecule has 2 heteroatoms. The Morgan fingerprint density at radius 1 is 1.40 bits per heavy atom. The van der Waals surface area contributed by atoms with E-state index in [0.717, 1.165) is 18.5 Å². The molecule has 1 nitrogen and oxygen atoms in total. The zero-order chi connectivity index (χ0) is 7.14. The van der Waals surface area contributed by atoms with Gasteiger partial charge in [-0.05, 0) is 19.3 Å². The molecular formula is C8H12FN. The van der Waals surface area contributed by atoms with Gasteiger partial charge in [0, 0.05) is 25.2 Å². The number of nitrogens with zero attached hydrogens (tertiary/aromatic N) is 1. The lowest BCUT2D eigenvalue weighted by molar-refractivity contribution is 0.290. The molecule has 0 unspecified atom stereocenters. The summed E-state index contributed by atoms with van der Waals surface area (Å²) in [4.78, 5) is 2.11. The van der Waals surface area contributed by atoms with Gasteiger partial charge in [0.25, 0.3) is 0 Å². The third-order valence-electron chi connectivity index (χ3n) is 2.70. The van der Waals surface area contributed by atoms with Crippen LogP contribution in [-0.2, 0) is 0 Å². The lowest BCUT2D eigenvalue weighted by Gasteiger charge is -2.27. The molecule has 0 spiro atoms. The lowest BCUT2D eigenvalue weighted by atomic mass is 10.1. The van der Waals surface area contributed by atoms with Crippen molar-refractivity contribution in [1.29, 1.82) is 0 Å². The molecular weight excluding hydrogens is 129 g/mol. The second kappa shape index (κ2) is 1.97. The van der Waals surface area contributed by atoms with Crippen LogP contribution in [0.1, 0.15) is 25.7 Å². The van der Waals surface area contributed by atoms with E-state index in [2.05, 4.69) is 4.90 Å². The van der Waals surface area contributed by atoms with Crippen molar-refractivity contribution in [3.63, 3.8) is 0 Å². The van der Waals surface area contributed by atoms with Gasteiger partial charge in [-0.3, -0.25) is 0 Å². The monoisotopic (exact) mass is 141 g/mol. The van der Waals surface area contributed by atoms with E-state index in [-0.39, 0.29) is 5.83 Å². The average molecular weight is 141 g/mol. The smallest absolute Gasteiger partial charge is 0.119 e. The van der Waals surface area contributed by atoms with E-state index in [1.54, 1.807) is 0 Å². The van der Waals surface area contributed by atoms with Gasteiger partial charge in [0.1, 0.15) is 5.83 Å². The van der Waals surface area contributed by atoms with Crippen LogP contribution in [0.4, 0.5) is 4.39 Å². The van der Waals surface area contributed by atoms with Crippen molar-refractivity contribution in [1.82, 2.24) is 4.90 Å². The van der Waals surface area contributed by atoms with E-state index >= 15 is 0 Å². The fraction of sp³-hybridized carbons (Fsp3) is 0.750. The molecule has 0 aromatic carbocycles. The summed E-state index contributed by atoms with van der Waals surface area (Å²) in [6, 6.07) is 0.648. The van der Waals surface area contributed by atoms with E-state index in [0.29, 0.717) is 12.5 Å². The number of halogens is 1. The topological polar surface area (TPSA) is 3.24 Å². The van der Waals surface area contributed by atoms with Gasteiger partial charge in [-0.2, -0.15) is 0 Å². The summed E-state index contributed by atoms with van der Waals surface area (Å²) in [6.45, 7) is 0. The molecule has 0 aliphatic carbocycles. The maximum atomic E-state index is 13.0. The first-order valence-corrected chi connectivity index (χ1v) is 3.89. The molecule has 0 N–H and O–H groups in total. The van der Waals surface area contributed by atoms with Crippen LogP contribution in [0.15, 0.2) is 11.5 Å². The molecule has 0 amide bonds. The van der Waals surface area contributed by atoms with E-state index < -0.39 is 0 Å². The van der Waals surface area contributed by atoms with Crippen molar-refractivity contribution in [3.05, 3.63) is 11.5 Å². The van der Waals surface area contributed by atoms with Gasteiger partial charge in [-0.1, -0.05) is 0 Å². The molecule has 0 radical (unpaired) electrons. The first kappa shape index (κ1) is 6.20. The molecule has 2 bridgehead atoms. The summed E-state index contributed by atoms with van der Waals surface area (Å²) in [5.41, 5.74) is 0.969. The molecule has 2 heterocycles. The molecule has 2 rings (SSSR count). The van der Waals surface area contributed by atoms with E-state index in [1.165, 1.54) is 6.42 Å². The fourth-order valence-corrected chi connectivity index (χ4v) is 2.00. The van der Waals surface area contributed by atoms with Gasteiger partial charge in [0.05, 0.1) is 0 Å². The Labute approximate surface area is 60.5 Å². The minimum Gasteiger partial charge on any atom is -0.373 e. The van der Waals surface area contributed by atoms with Crippen molar-refractivity contribution < 1.29 is 4.39 Å². The van der Waals surface area contributed by atoms with Crippen LogP contribution >= 0.6 is 0 Å². The van der Waals surface area contributed by atoms with E-state index in [4.69, 9.17) is 0 Å². The van der Waals surface area contributed by atoms with Crippen LogP contribution in [-0.4, -0.2) is 18.0 Å². The Balaban J connectivity index is 2.34. The van der Waals surface area contributed by atoms with Crippen LogP contribution in [0, 0.1) is 0 Å². The largest absolute Gasteiger partial charge is 0.373 e. The highest BCUT2D eigenvalue weighted by Gasteiger charge is 2.31. The first-order valence-electron chi connectivity index (χ1n) is 3.89. The Morgan fingerprint density at radius 2 is 2.10 bits per heavy atom. The highest BCUT2D eigenvalue weighted by molar-refractivity contribution is 5.16. The Bertz CT molecular complexity index is 186. The first-order chi connectivity index (χ1) is 4.79. The second-order valence-corrected chi connectivity index (χ2v) is 3.19. The van der Waals surface area contributed by atoms with Crippen LogP contribution in [0.2, 0.25) is 0 Å². The summed E-state index contributed by atoms with van der Waals surface area (Å²) in [7, 11) is 2.01. The average Bonchev–Trinajstić information content (AvgIpc) is 2.13. The van der Waals surface area contributed by atoms with E-state index in [9.17, 15) is 4.39 Å². The summed E-state index contributed by atoms with van der Waals surface area (Å²) < 4.78 is 13.0. The van der Waals surface area contributed by atoms with Crippen molar-refractivity contribution >= 4 is 0 Å². The molecule has 0 saturated carbocycles. The molecule has 0 aromatic heterocycles. The number of fused-ring (bicyclic) bond motifs is 2. The predicted molar refractivity (Wildman–Crippen MR) is 38.2 cm³/mol. The lowest BCUT2D eigenvalue weighted by Crippen LogP contribution is -2.27. The summed E-state index contributed by atoms with van der Waals surface area (Å²) in [5.74, 6) is 0.135. The van der Waals surface area contributed by atoms with Crippen LogP contribution in [0.25, 0.3) is 0 Å². The second-order valence-electron chi connectivity index (χ2n) is 3.19. The minimum absolute atomic E-state index is 0.135. The van der Waals surface area contributed by atoms with Crippen molar-refractivity contribution in [2.24, 2.45) is 0 Å². The zero-order valence-electron chi connectivity index (χ0n) is 6.23. The molecule has 1 atom stereocenters. The Kier molecular flexibility index (Phi) is 1.22. The van der Waals surface area contributed by atoms with Gasteiger partial charge in [-0.15, -0.1) is 0 Å². The third-order valence-corrected chi connectivity index (χ3v) is 2.70. The van der Waals surface area contributed by atoms with Gasteiger partial charge in [0.15, 0.2) is 0 Å². The fourth-order valence-electron chi connectivity index (χ4n) is 2.00. The molecule has 1 saturated heterocycles. The maximum absolute atomic E-state index is 13.0. The van der Waals surface area contributed by atoms with Gasteiger partial charge < -0.3 is 4.90 Å². The van der Waals surface area contributed by atoms with Crippen LogP contribution in [0.3, 0.4) is 0 Å². The van der Waals surface area contributed by atoms with Gasteiger partial charge in [0.2, 0.25) is 0 Å². The number of hydrogen-bond donors (Lipinski definition) is 0. The number of rotatable bonds is 0. The van der Waals surface area contributed by atoms with Gasteiger partial charge in [-0.25, -0.2) is 4.39 Å². The highest BCUT2D eigenvalue weighted by atomic mass is 19.1. The maximum Gasteiger partial charge on any atom is 0.119 e. The summed E-state index contributed by atoms with van der Waals surface area (Å²) in [6.07, 6.45) is 3.84. The standard InChI is InChI=1S/C8H12FN/c1-10-6-2-4-7(9)8(10)5-3-6/h6H,2-5H2,1H3/t6-/m1/s1. The van der Waals surface area contributed by atoms with Crippen LogP contribution in [0.5, 0.6) is 0 Å². The van der Waals surface area contributed by atoms with Crippen molar-refractivity contribution in [2.45, 2.75) is 31.7 Å². The third kappa shape index (κ3) is 0.678.